The molecule has 0 amide bonds. The number of hydrogen-bond donors (Lipinski definition) is 1. The molecule has 0 spiro atoms. The maximum atomic E-state index is 11.0. The largest absolute Gasteiger partial charge is 0.481 e. The van der Waals surface area contributed by atoms with Gasteiger partial charge >= 0.3 is 5.97 Å². The molecule has 0 bridgehead atoms. The Morgan fingerprint density at radius 3 is 2.58 bits per heavy atom. The zero-order valence-electron chi connectivity index (χ0n) is 13.2. The number of nitrogens with zero attached hydrogens (tertiary/aromatic N) is 2. The van der Waals surface area contributed by atoms with Gasteiger partial charge in [0.1, 0.15) is 0 Å². The normalized spacial score (nSPS) is 14.4. The summed E-state index contributed by atoms with van der Waals surface area (Å²) in [6.45, 7) is 0.535. The molecular weight excluding hydrogens is 412 g/mol. The van der Waals surface area contributed by atoms with E-state index in [1.165, 1.54) is 12.8 Å². The highest BCUT2D eigenvalue weighted by molar-refractivity contribution is 9.10. The van der Waals surface area contributed by atoms with Crippen LogP contribution in [0.3, 0.4) is 0 Å². The second-order valence-electron chi connectivity index (χ2n) is 5.80. The monoisotopic (exact) mass is 430 g/mol. The number of anilines is 1. The molecule has 0 atom stereocenters. The van der Waals surface area contributed by atoms with E-state index in [2.05, 4.69) is 26.2 Å². The standard InChI is InChI=1S/C17H19BrN2O2S.ClH/c18-13-7-5-12(6-8-13)15-11-23-17(19-15)20(10-9-16(21)22)14-3-1-2-4-14;/h5-8,11,14H,1-4,9-10H2,(H,21,22);1H. The van der Waals surface area contributed by atoms with E-state index in [1.54, 1.807) is 11.3 Å². The maximum Gasteiger partial charge on any atom is 0.305 e. The van der Waals surface area contributed by atoms with Gasteiger partial charge < -0.3 is 10.0 Å². The second-order valence-corrected chi connectivity index (χ2v) is 7.55. The van der Waals surface area contributed by atoms with Crippen molar-refractivity contribution in [3.8, 4) is 11.3 Å². The SMILES string of the molecule is Cl.O=C(O)CCN(c1nc(-c2ccc(Br)cc2)cs1)C1CCCC1. The molecule has 1 aliphatic rings. The Labute approximate surface area is 160 Å². The Balaban J connectivity index is 0.00000208. The maximum absolute atomic E-state index is 11.0. The highest BCUT2D eigenvalue weighted by Crippen LogP contribution is 2.33. The minimum Gasteiger partial charge on any atom is -0.481 e. The molecular formula is C17H20BrClN2O2S. The van der Waals surface area contributed by atoms with Crippen molar-refractivity contribution in [2.24, 2.45) is 0 Å². The van der Waals surface area contributed by atoms with Crippen LogP contribution < -0.4 is 4.90 Å². The molecule has 2 aromatic rings. The Morgan fingerprint density at radius 2 is 1.96 bits per heavy atom. The first-order valence-corrected chi connectivity index (χ1v) is 9.50. The van der Waals surface area contributed by atoms with Crippen molar-refractivity contribution in [1.29, 1.82) is 0 Å². The molecule has 1 N–H and O–H groups in total. The topological polar surface area (TPSA) is 53.4 Å². The van der Waals surface area contributed by atoms with Gasteiger partial charge in [-0.15, -0.1) is 23.7 Å². The highest BCUT2D eigenvalue weighted by atomic mass is 79.9. The van der Waals surface area contributed by atoms with Crippen molar-refractivity contribution in [3.05, 3.63) is 34.1 Å². The van der Waals surface area contributed by atoms with E-state index in [-0.39, 0.29) is 18.8 Å². The number of benzene rings is 1. The van der Waals surface area contributed by atoms with Gasteiger partial charge in [0.15, 0.2) is 5.13 Å². The van der Waals surface area contributed by atoms with E-state index in [4.69, 9.17) is 10.1 Å². The number of thiazole rings is 1. The average molecular weight is 432 g/mol. The summed E-state index contributed by atoms with van der Waals surface area (Å²) in [4.78, 5) is 17.9. The van der Waals surface area contributed by atoms with Crippen LogP contribution in [0.25, 0.3) is 11.3 Å². The lowest BCUT2D eigenvalue weighted by atomic mass is 10.2. The molecule has 4 nitrogen and oxygen atoms in total. The summed E-state index contributed by atoms with van der Waals surface area (Å²) in [6, 6.07) is 8.53. The lowest BCUT2D eigenvalue weighted by Gasteiger charge is -2.27. The molecule has 130 valence electrons. The van der Waals surface area contributed by atoms with Gasteiger partial charge in [0.2, 0.25) is 0 Å². The van der Waals surface area contributed by atoms with Crippen LogP contribution in [-0.2, 0) is 4.79 Å². The quantitative estimate of drug-likeness (QED) is 0.681. The van der Waals surface area contributed by atoms with Crippen molar-refractivity contribution in [3.63, 3.8) is 0 Å². The van der Waals surface area contributed by atoms with Crippen molar-refractivity contribution >= 4 is 50.8 Å². The minimum atomic E-state index is -0.752. The van der Waals surface area contributed by atoms with Gasteiger partial charge in [-0.3, -0.25) is 4.79 Å². The van der Waals surface area contributed by atoms with E-state index in [0.29, 0.717) is 12.6 Å². The molecule has 0 saturated heterocycles. The number of carboxylic acid groups (broad SMARTS) is 1. The van der Waals surface area contributed by atoms with Gasteiger partial charge in [-0.1, -0.05) is 40.9 Å². The first-order chi connectivity index (χ1) is 11.1. The van der Waals surface area contributed by atoms with Crippen LogP contribution in [-0.4, -0.2) is 28.6 Å². The third kappa shape index (κ3) is 4.71. The Hall–Kier alpha value is -1.11. The highest BCUT2D eigenvalue weighted by Gasteiger charge is 2.25. The molecule has 1 saturated carbocycles. The van der Waals surface area contributed by atoms with Gasteiger partial charge in [-0.2, -0.15) is 0 Å². The Bertz CT molecular complexity index is 671. The molecule has 1 heterocycles. The van der Waals surface area contributed by atoms with Gasteiger partial charge in [-0.05, 0) is 25.0 Å². The smallest absolute Gasteiger partial charge is 0.305 e. The molecule has 24 heavy (non-hydrogen) atoms. The molecule has 1 aromatic carbocycles. The third-order valence-corrected chi connectivity index (χ3v) is 5.62. The fourth-order valence-electron chi connectivity index (χ4n) is 3.02. The Kier molecular flexibility index (Phi) is 7.07. The van der Waals surface area contributed by atoms with E-state index >= 15 is 0 Å². The lowest BCUT2D eigenvalue weighted by molar-refractivity contribution is -0.136. The molecule has 1 aliphatic carbocycles. The molecule has 1 aromatic heterocycles. The molecule has 0 unspecified atom stereocenters. The third-order valence-electron chi connectivity index (χ3n) is 4.21. The molecule has 0 radical (unpaired) electrons. The molecule has 0 aliphatic heterocycles. The second kappa shape index (κ2) is 8.83. The van der Waals surface area contributed by atoms with Crippen LogP contribution >= 0.6 is 39.7 Å². The summed E-state index contributed by atoms with van der Waals surface area (Å²) in [5, 5.41) is 12.0. The van der Waals surface area contributed by atoms with Crippen LogP contribution in [0.4, 0.5) is 5.13 Å². The molecule has 1 fully saturated rings. The fourth-order valence-corrected chi connectivity index (χ4v) is 4.21. The van der Waals surface area contributed by atoms with Gasteiger partial charge in [0.05, 0.1) is 12.1 Å². The number of aromatic nitrogens is 1. The van der Waals surface area contributed by atoms with Gasteiger partial charge in [0, 0.05) is 28.0 Å². The summed E-state index contributed by atoms with van der Waals surface area (Å²) < 4.78 is 1.05. The predicted molar refractivity (Wildman–Crippen MR) is 104 cm³/mol. The fraction of sp³-hybridized carbons (Fsp3) is 0.412. The van der Waals surface area contributed by atoms with Crippen molar-refractivity contribution in [2.45, 2.75) is 38.1 Å². The number of halogens is 2. The Morgan fingerprint density at radius 1 is 1.29 bits per heavy atom. The number of hydrogen-bond acceptors (Lipinski definition) is 4. The van der Waals surface area contributed by atoms with Crippen LogP contribution in [0.5, 0.6) is 0 Å². The molecule has 3 rings (SSSR count). The number of aliphatic carboxylic acids is 1. The predicted octanol–water partition coefficient (Wildman–Crippen LogP) is 5.22. The number of carbonyl (C=O) groups is 1. The summed E-state index contributed by atoms with van der Waals surface area (Å²) in [5.41, 5.74) is 2.04. The lowest BCUT2D eigenvalue weighted by Crippen LogP contribution is -2.35. The van der Waals surface area contributed by atoms with Crippen LogP contribution in [0.15, 0.2) is 34.1 Å². The van der Waals surface area contributed by atoms with Gasteiger partial charge in [-0.25, -0.2) is 4.98 Å². The van der Waals surface area contributed by atoms with Gasteiger partial charge in [0.25, 0.3) is 0 Å². The summed E-state index contributed by atoms with van der Waals surface area (Å²) >= 11 is 5.05. The number of rotatable bonds is 6. The summed E-state index contributed by atoms with van der Waals surface area (Å²) in [6.07, 6.45) is 4.86. The first-order valence-electron chi connectivity index (χ1n) is 7.83. The van der Waals surface area contributed by atoms with Crippen LogP contribution in [0.1, 0.15) is 32.1 Å². The van der Waals surface area contributed by atoms with E-state index in [0.717, 1.165) is 33.7 Å². The molecule has 7 heteroatoms. The zero-order valence-corrected chi connectivity index (χ0v) is 16.4. The number of carboxylic acids is 1. The van der Waals surface area contributed by atoms with E-state index < -0.39 is 5.97 Å². The van der Waals surface area contributed by atoms with Crippen LogP contribution in [0.2, 0.25) is 0 Å². The van der Waals surface area contributed by atoms with Crippen LogP contribution in [0, 0.1) is 0 Å². The minimum absolute atomic E-state index is 0. The first kappa shape index (κ1) is 19.2. The van der Waals surface area contributed by atoms with Crippen molar-refractivity contribution in [1.82, 2.24) is 4.98 Å². The zero-order chi connectivity index (χ0) is 16.2. The summed E-state index contributed by atoms with van der Waals surface area (Å²) in [5.74, 6) is -0.752. The average Bonchev–Trinajstić information content (AvgIpc) is 3.20. The summed E-state index contributed by atoms with van der Waals surface area (Å²) in [7, 11) is 0. The van der Waals surface area contributed by atoms with Crippen molar-refractivity contribution in [2.75, 3.05) is 11.4 Å². The van der Waals surface area contributed by atoms with E-state index in [1.807, 2.05) is 24.3 Å². The van der Waals surface area contributed by atoms with E-state index in [9.17, 15) is 4.79 Å². The van der Waals surface area contributed by atoms with Crippen molar-refractivity contribution < 1.29 is 9.90 Å².